The fourth-order valence-corrected chi connectivity index (χ4v) is 3.10. The largest absolute Gasteiger partial charge is 0.493 e. The first-order valence-electron chi connectivity index (χ1n) is 8.30. The maximum absolute atomic E-state index is 13.2. The molecule has 2 aromatic carbocycles. The number of halogens is 3. The first kappa shape index (κ1) is 21.0. The van der Waals surface area contributed by atoms with Crippen molar-refractivity contribution in [3.63, 3.8) is 0 Å². The van der Waals surface area contributed by atoms with Crippen LogP contribution in [0.1, 0.15) is 24.0 Å². The second-order valence-corrected chi connectivity index (χ2v) is 6.95. The molecule has 0 atom stereocenters. The summed E-state index contributed by atoms with van der Waals surface area (Å²) in [5.41, 5.74) is 1.61. The van der Waals surface area contributed by atoms with Gasteiger partial charge in [0, 0.05) is 28.8 Å². The fourth-order valence-electron chi connectivity index (χ4n) is 2.43. The molecular formula is C19H22BrClFNO3. The monoisotopic (exact) mass is 445 g/mol. The Labute approximate surface area is 166 Å². The molecule has 0 fully saturated rings. The lowest BCUT2D eigenvalue weighted by Crippen LogP contribution is -2.16. The van der Waals surface area contributed by atoms with Gasteiger partial charge in [-0.2, -0.15) is 0 Å². The standard InChI is InChI=1S/C19H22BrClFNO3/c1-25-18-7-6-16(20)15(11-23-8-2-3-9-24)19(18)26-12-13-4-5-14(22)10-17(13)21/h4-7,10,23-24H,2-3,8-9,11-12H2,1H3. The van der Waals surface area contributed by atoms with Gasteiger partial charge in [-0.15, -0.1) is 0 Å². The van der Waals surface area contributed by atoms with Gasteiger partial charge in [-0.1, -0.05) is 33.6 Å². The summed E-state index contributed by atoms with van der Waals surface area (Å²) in [6.07, 6.45) is 1.65. The van der Waals surface area contributed by atoms with Crippen LogP contribution >= 0.6 is 27.5 Å². The summed E-state index contributed by atoms with van der Waals surface area (Å²) in [6, 6.07) is 7.95. The van der Waals surface area contributed by atoms with Gasteiger partial charge in [0.1, 0.15) is 12.4 Å². The van der Waals surface area contributed by atoms with Crippen molar-refractivity contribution in [1.82, 2.24) is 5.32 Å². The van der Waals surface area contributed by atoms with Crippen molar-refractivity contribution in [2.75, 3.05) is 20.3 Å². The number of aliphatic hydroxyl groups excluding tert-OH is 1. The van der Waals surface area contributed by atoms with Gasteiger partial charge >= 0.3 is 0 Å². The molecule has 0 amide bonds. The third kappa shape index (κ3) is 5.84. The van der Waals surface area contributed by atoms with Gasteiger partial charge in [0.25, 0.3) is 0 Å². The minimum Gasteiger partial charge on any atom is -0.493 e. The summed E-state index contributed by atoms with van der Waals surface area (Å²) in [4.78, 5) is 0. The highest BCUT2D eigenvalue weighted by Gasteiger charge is 2.15. The highest BCUT2D eigenvalue weighted by molar-refractivity contribution is 9.10. The van der Waals surface area contributed by atoms with Gasteiger partial charge in [0.15, 0.2) is 11.5 Å². The number of hydrogen-bond donors (Lipinski definition) is 2. The molecule has 0 aromatic heterocycles. The summed E-state index contributed by atoms with van der Waals surface area (Å²) in [5.74, 6) is 0.835. The summed E-state index contributed by atoms with van der Waals surface area (Å²) < 4.78 is 25.5. The van der Waals surface area contributed by atoms with Crippen LogP contribution in [0.3, 0.4) is 0 Å². The van der Waals surface area contributed by atoms with Crippen LogP contribution in [0.2, 0.25) is 5.02 Å². The maximum Gasteiger partial charge on any atom is 0.167 e. The Bertz CT molecular complexity index is 730. The quantitative estimate of drug-likeness (QED) is 0.520. The van der Waals surface area contributed by atoms with E-state index >= 15 is 0 Å². The molecule has 0 aliphatic carbocycles. The highest BCUT2D eigenvalue weighted by atomic mass is 79.9. The molecule has 0 unspecified atom stereocenters. The van der Waals surface area contributed by atoms with Crippen LogP contribution in [0.4, 0.5) is 4.39 Å². The topological polar surface area (TPSA) is 50.7 Å². The van der Waals surface area contributed by atoms with Crippen molar-refractivity contribution in [2.24, 2.45) is 0 Å². The van der Waals surface area contributed by atoms with Crippen molar-refractivity contribution >= 4 is 27.5 Å². The number of benzene rings is 2. The lowest BCUT2D eigenvalue weighted by atomic mass is 10.1. The van der Waals surface area contributed by atoms with E-state index in [9.17, 15) is 4.39 Å². The van der Waals surface area contributed by atoms with Crippen molar-refractivity contribution in [3.8, 4) is 11.5 Å². The van der Waals surface area contributed by atoms with Gasteiger partial charge in [0.2, 0.25) is 0 Å². The first-order chi connectivity index (χ1) is 12.6. The molecule has 0 saturated heterocycles. The Hall–Kier alpha value is -1.34. The highest BCUT2D eigenvalue weighted by Crippen LogP contribution is 2.37. The zero-order valence-electron chi connectivity index (χ0n) is 14.5. The van der Waals surface area contributed by atoms with E-state index in [1.165, 1.54) is 12.1 Å². The summed E-state index contributed by atoms with van der Waals surface area (Å²) in [6.45, 7) is 1.75. The third-order valence-corrected chi connectivity index (χ3v) is 4.93. The van der Waals surface area contributed by atoms with E-state index in [0.29, 0.717) is 28.6 Å². The SMILES string of the molecule is COc1ccc(Br)c(CNCCCCO)c1OCc1ccc(F)cc1Cl. The molecule has 2 rings (SSSR count). The zero-order valence-corrected chi connectivity index (χ0v) is 16.9. The Morgan fingerprint density at radius 3 is 2.73 bits per heavy atom. The molecule has 4 nitrogen and oxygen atoms in total. The molecule has 2 N–H and O–H groups in total. The Morgan fingerprint density at radius 1 is 1.23 bits per heavy atom. The van der Waals surface area contributed by atoms with Gasteiger partial charge in [-0.05, 0) is 43.7 Å². The van der Waals surface area contributed by atoms with E-state index in [1.54, 1.807) is 13.2 Å². The molecule has 0 aliphatic heterocycles. The van der Waals surface area contributed by atoms with E-state index in [2.05, 4.69) is 21.2 Å². The van der Waals surface area contributed by atoms with E-state index in [0.717, 1.165) is 29.4 Å². The molecule has 26 heavy (non-hydrogen) atoms. The molecule has 142 valence electrons. The average Bonchev–Trinajstić information content (AvgIpc) is 2.62. The molecule has 0 radical (unpaired) electrons. The van der Waals surface area contributed by atoms with Crippen molar-refractivity contribution < 1.29 is 19.0 Å². The molecule has 0 bridgehead atoms. The molecule has 7 heteroatoms. The van der Waals surface area contributed by atoms with Crippen molar-refractivity contribution in [3.05, 3.63) is 56.8 Å². The number of hydrogen-bond acceptors (Lipinski definition) is 4. The summed E-state index contributed by atoms with van der Waals surface area (Å²) >= 11 is 9.63. The van der Waals surface area contributed by atoms with Crippen LogP contribution in [-0.4, -0.2) is 25.4 Å². The number of aliphatic hydroxyl groups is 1. The van der Waals surface area contributed by atoms with Gasteiger partial charge < -0.3 is 19.9 Å². The Balaban J connectivity index is 2.14. The second kappa shape index (κ2) is 10.7. The molecule has 0 spiro atoms. The van der Waals surface area contributed by atoms with Gasteiger partial charge in [0.05, 0.1) is 12.1 Å². The fraction of sp³-hybridized carbons (Fsp3) is 0.368. The average molecular weight is 447 g/mol. The van der Waals surface area contributed by atoms with Crippen LogP contribution < -0.4 is 14.8 Å². The predicted octanol–water partition coefficient (Wildman–Crippen LogP) is 4.69. The smallest absolute Gasteiger partial charge is 0.167 e. The van der Waals surface area contributed by atoms with Crippen LogP contribution in [0.5, 0.6) is 11.5 Å². The van der Waals surface area contributed by atoms with Crippen molar-refractivity contribution in [2.45, 2.75) is 26.0 Å². The zero-order chi connectivity index (χ0) is 18.9. The molecule has 0 heterocycles. The molecule has 0 saturated carbocycles. The maximum atomic E-state index is 13.2. The third-order valence-electron chi connectivity index (χ3n) is 3.84. The van der Waals surface area contributed by atoms with E-state index in [1.807, 2.05) is 12.1 Å². The number of ether oxygens (including phenoxy) is 2. The van der Waals surface area contributed by atoms with Crippen LogP contribution in [0.15, 0.2) is 34.8 Å². The van der Waals surface area contributed by atoms with Crippen LogP contribution in [0.25, 0.3) is 0 Å². The second-order valence-electron chi connectivity index (χ2n) is 5.69. The molecule has 2 aromatic rings. The number of rotatable bonds is 10. The number of nitrogens with one attached hydrogen (secondary N) is 1. The van der Waals surface area contributed by atoms with Gasteiger partial charge in [-0.25, -0.2) is 4.39 Å². The number of unbranched alkanes of at least 4 members (excludes halogenated alkanes) is 1. The van der Waals surface area contributed by atoms with Gasteiger partial charge in [-0.3, -0.25) is 0 Å². The number of methoxy groups -OCH3 is 1. The lowest BCUT2D eigenvalue weighted by Gasteiger charge is -2.17. The Kier molecular flexibility index (Phi) is 8.65. The van der Waals surface area contributed by atoms with Crippen molar-refractivity contribution in [1.29, 1.82) is 0 Å². The van der Waals surface area contributed by atoms with E-state index < -0.39 is 0 Å². The van der Waals surface area contributed by atoms with E-state index in [-0.39, 0.29) is 19.0 Å². The normalized spacial score (nSPS) is 10.8. The first-order valence-corrected chi connectivity index (χ1v) is 9.47. The minimum absolute atomic E-state index is 0.192. The molecule has 0 aliphatic rings. The predicted molar refractivity (Wildman–Crippen MR) is 104 cm³/mol. The van der Waals surface area contributed by atoms with Crippen LogP contribution in [0, 0.1) is 5.82 Å². The van der Waals surface area contributed by atoms with E-state index in [4.69, 9.17) is 26.2 Å². The summed E-state index contributed by atoms with van der Waals surface area (Å²) in [5, 5.41) is 12.5. The lowest BCUT2D eigenvalue weighted by molar-refractivity contribution is 0.278. The van der Waals surface area contributed by atoms with Crippen LogP contribution in [-0.2, 0) is 13.2 Å². The minimum atomic E-state index is -0.383. The Morgan fingerprint density at radius 2 is 2.04 bits per heavy atom. The molecular weight excluding hydrogens is 425 g/mol. The summed E-state index contributed by atoms with van der Waals surface area (Å²) in [7, 11) is 1.58.